The maximum absolute atomic E-state index is 13.0. The van der Waals surface area contributed by atoms with Gasteiger partial charge in [0.1, 0.15) is 13.2 Å². The highest BCUT2D eigenvalue weighted by molar-refractivity contribution is 5.71. The second-order valence-electron chi connectivity index (χ2n) is 25.6. The molecule has 0 aromatic rings. The van der Waals surface area contributed by atoms with Gasteiger partial charge in [0.25, 0.3) is 0 Å². The smallest absolute Gasteiger partial charge is 0.306 e. The number of esters is 3. The summed E-state index contributed by atoms with van der Waals surface area (Å²) in [4.78, 5) is 38.5. The molecule has 0 amide bonds. The molecular formula is C77H144O6. The molecule has 0 saturated carbocycles. The highest BCUT2D eigenvalue weighted by Gasteiger charge is 2.20. The average Bonchev–Trinajstić information content (AvgIpc) is 3.49. The first kappa shape index (κ1) is 80.6. The van der Waals surface area contributed by atoms with Crippen LogP contribution in [-0.4, -0.2) is 37.2 Å². The van der Waals surface area contributed by atoms with E-state index in [2.05, 4.69) is 57.2 Å². The molecule has 83 heavy (non-hydrogen) atoms. The fraction of sp³-hybridized carbons (Fsp3) is 0.883. The third kappa shape index (κ3) is 70.3. The van der Waals surface area contributed by atoms with Gasteiger partial charge < -0.3 is 14.2 Å². The summed E-state index contributed by atoms with van der Waals surface area (Å²) in [5, 5.41) is 0. The Bertz CT molecular complexity index is 1380. The summed E-state index contributed by atoms with van der Waals surface area (Å²) in [5.74, 6) is -0.839. The maximum atomic E-state index is 13.0. The minimum absolute atomic E-state index is 0.0679. The third-order valence-corrected chi connectivity index (χ3v) is 17.1. The maximum Gasteiger partial charge on any atom is 0.306 e. The summed E-state index contributed by atoms with van der Waals surface area (Å²) in [7, 11) is 0. The molecule has 0 radical (unpaired) electrons. The molecule has 6 heteroatoms. The highest BCUT2D eigenvalue weighted by Crippen LogP contribution is 2.19. The van der Waals surface area contributed by atoms with E-state index >= 15 is 0 Å². The van der Waals surface area contributed by atoms with Crippen molar-refractivity contribution in [3.8, 4) is 0 Å². The molecule has 0 aromatic heterocycles. The molecule has 0 aromatic carbocycles. The Kier molecular flexibility index (Phi) is 70.0. The molecule has 0 aliphatic carbocycles. The van der Waals surface area contributed by atoms with Crippen LogP contribution in [0.5, 0.6) is 0 Å². The zero-order valence-corrected chi connectivity index (χ0v) is 56.2. The molecule has 0 rings (SSSR count). The van der Waals surface area contributed by atoms with Gasteiger partial charge in [-0.05, 0) is 77.0 Å². The lowest BCUT2D eigenvalue weighted by atomic mass is 10.0. The normalized spacial score (nSPS) is 12.2. The third-order valence-electron chi connectivity index (χ3n) is 17.1. The van der Waals surface area contributed by atoms with Gasteiger partial charge in [-0.2, -0.15) is 0 Å². The van der Waals surface area contributed by atoms with E-state index in [1.807, 2.05) is 0 Å². The molecule has 0 saturated heterocycles. The number of ether oxygens (including phenoxy) is 3. The van der Waals surface area contributed by atoms with E-state index in [0.29, 0.717) is 19.3 Å². The van der Waals surface area contributed by atoms with Crippen molar-refractivity contribution in [2.45, 2.75) is 425 Å². The van der Waals surface area contributed by atoms with Gasteiger partial charge in [0, 0.05) is 19.3 Å². The van der Waals surface area contributed by atoms with Crippen molar-refractivity contribution in [1.29, 1.82) is 0 Å². The van der Waals surface area contributed by atoms with Gasteiger partial charge in [-0.15, -0.1) is 0 Å². The summed E-state index contributed by atoms with van der Waals surface area (Å²) in [6, 6.07) is 0. The van der Waals surface area contributed by atoms with Crippen LogP contribution in [0.25, 0.3) is 0 Å². The van der Waals surface area contributed by atoms with E-state index < -0.39 is 6.10 Å². The van der Waals surface area contributed by atoms with Gasteiger partial charge in [-0.3, -0.25) is 14.4 Å². The second-order valence-corrected chi connectivity index (χ2v) is 25.6. The van der Waals surface area contributed by atoms with Gasteiger partial charge >= 0.3 is 17.9 Å². The minimum Gasteiger partial charge on any atom is -0.462 e. The molecule has 0 spiro atoms. The molecule has 0 N–H and O–H groups in total. The summed E-state index contributed by atoms with van der Waals surface area (Å²) in [6.45, 7) is 6.71. The quantitative estimate of drug-likeness (QED) is 0.0261. The monoisotopic (exact) mass is 1170 g/mol. The first-order chi connectivity index (χ1) is 41.0. The van der Waals surface area contributed by atoms with Crippen molar-refractivity contribution in [2.75, 3.05) is 13.2 Å². The van der Waals surface area contributed by atoms with Gasteiger partial charge in [0.15, 0.2) is 6.10 Å². The number of carbonyl (C=O) groups excluding carboxylic acids is 3. The zero-order chi connectivity index (χ0) is 59.9. The van der Waals surface area contributed by atoms with Gasteiger partial charge in [0.05, 0.1) is 0 Å². The predicted octanol–water partition coefficient (Wildman–Crippen LogP) is 25.9. The molecule has 488 valence electrons. The Morgan fingerprint density at radius 3 is 0.675 bits per heavy atom. The van der Waals surface area contributed by atoms with Crippen molar-refractivity contribution in [2.24, 2.45) is 0 Å². The van der Waals surface area contributed by atoms with Crippen LogP contribution in [0, 0.1) is 0 Å². The van der Waals surface area contributed by atoms with Crippen molar-refractivity contribution in [1.82, 2.24) is 0 Å². The Hall–Kier alpha value is -2.37. The topological polar surface area (TPSA) is 78.9 Å². The number of unbranched alkanes of at least 4 members (excludes halogenated alkanes) is 53. The summed E-state index contributed by atoms with van der Waals surface area (Å²) in [5.41, 5.74) is 0. The fourth-order valence-electron chi connectivity index (χ4n) is 11.5. The van der Waals surface area contributed by atoms with Crippen molar-refractivity contribution >= 4 is 17.9 Å². The van der Waals surface area contributed by atoms with Crippen LogP contribution in [-0.2, 0) is 28.6 Å². The second kappa shape index (κ2) is 72.1. The summed E-state index contributed by atoms with van der Waals surface area (Å²) in [6.07, 6.45) is 90.4. The highest BCUT2D eigenvalue weighted by atomic mass is 16.6. The Labute approximate surface area is 518 Å². The van der Waals surface area contributed by atoms with E-state index in [-0.39, 0.29) is 31.1 Å². The largest absolute Gasteiger partial charge is 0.462 e. The van der Waals surface area contributed by atoms with Crippen LogP contribution in [0.2, 0.25) is 0 Å². The van der Waals surface area contributed by atoms with Crippen LogP contribution in [0.15, 0.2) is 36.5 Å². The van der Waals surface area contributed by atoms with Gasteiger partial charge in [-0.1, -0.05) is 359 Å². The van der Waals surface area contributed by atoms with Gasteiger partial charge in [0.2, 0.25) is 0 Å². The summed E-state index contributed by atoms with van der Waals surface area (Å²) >= 11 is 0. The molecule has 1 unspecified atom stereocenters. The van der Waals surface area contributed by atoms with Crippen LogP contribution in [0.3, 0.4) is 0 Å². The first-order valence-corrected chi connectivity index (χ1v) is 37.5. The number of hydrogen-bond acceptors (Lipinski definition) is 6. The van der Waals surface area contributed by atoms with Crippen molar-refractivity contribution in [3.63, 3.8) is 0 Å². The zero-order valence-electron chi connectivity index (χ0n) is 56.2. The molecule has 0 bridgehead atoms. The lowest BCUT2D eigenvalue weighted by molar-refractivity contribution is -0.167. The Balaban J connectivity index is 4.22. The van der Waals surface area contributed by atoms with E-state index in [4.69, 9.17) is 14.2 Å². The average molecular weight is 1170 g/mol. The molecule has 1 atom stereocenters. The molecular weight excluding hydrogens is 1020 g/mol. The van der Waals surface area contributed by atoms with E-state index in [0.717, 1.165) is 64.2 Å². The Morgan fingerprint density at radius 2 is 0.434 bits per heavy atom. The van der Waals surface area contributed by atoms with E-state index in [9.17, 15) is 14.4 Å². The van der Waals surface area contributed by atoms with Crippen LogP contribution in [0.4, 0.5) is 0 Å². The summed E-state index contributed by atoms with van der Waals surface area (Å²) < 4.78 is 17.0. The molecule has 0 aliphatic rings. The predicted molar refractivity (Wildman–Crippen MR) is 362 cm³/mol. The fourth-order valence-corrected chi connectivity index (χ4v) is 11.5. The lowest BCUT2D eigenvalue weighted by Gasteiger charge is -2.18. The van der Waals surface area contributed by atoms with Crippen molar-refractivity contribution < 1.29 is 28.6 Å². The molecule has 0 aliphatic heterocycles. The van der Waals surface area contributed by atoms with Crippen molar-refractivity contribution in [3.05, 3.63) is 36.5 Å². The van der Waals surface area contributed by atoms with E-state index in [1.165, 1.54) is 315 Å². The Morgan fingerprint density at radius 1 is 0.241 bits per heavy atom. The first-order valence-electron chi connectivity index (χ1n) is 37.5. The number of allylic oxidation sites excluding steroid dienone is 6. The standard InChI is InChI=1S/C77H144O6/c1-4-7-10-13-16-19-22-25-28-30-32-34-35-36-37-38-39-40-41-43-44-46-49-52-55-58-61-64-67-70-76(79)82-73-74(72-81-75(78)69-66-63-60-57-54-51-48-27-24-21-18-15-12-9-6-3)83-77(80)71-68-65-62-59-56-53-50-47-45-42-33-31-29-26-23-20-17-14-11-8-5-2/h23,26,30-33,74H,4-22,24-25,27-29,34-73H2,1-3H3/b26-23-,32-30-,33-31-. The molecule has 6 nitrogen and oxygen atoms in total. The van der Waals surface area contributed by atoms with Crippen LogP contribution in [0.1, 0.15) is 419 Å². The lowest BCUT2D eigenvalue weighted by Crippen LogP contribution is -2.30. The molecule has 0 fully saturated rings. The van der Waals surface area contributed by atoms with Gasteiger partial charge in [-0.25, -0.2) is 0 Å². The number of rotatable bonds is 70. The minimum atomic E-state index is -0.773. The number of hydrogen-bond donors (Lipinski definition) is 0. The van der Waals surface area contributed by atoms with Crippen LogP contribution >= 0.6 is 0 Å². The molecule has 0 heterocycles. The van der Waals surface area contributed by atoms with E-state index in [1.54, 1.807) is 0 Å². The number of carbonyl (C=O) groups is 3. The van der Waals surface area contributed by atoms with Crippen LogP contribution < -0.4 is 0 Å². The SMILES string of the molecule is CCCCCCC/C=C\C/C=C\CCCCCCCCCCCC(=O)OC(COC(=O)CCCCCCCCCCCCCCCCC)COC(=O)CCCCCCCCCCCCCCCCCCC/C=C\CCCCCCCCCC.